The van der Waals surface area contributed by atoms with Crippen molar-refractivity contribution in [3.8, 4) is 5.13 Å². The van der Waals surface area contributed by atoms with Crippen LogP contribution in [0.25, 0.3) is 5.13 Å². The maximum atomic E-state index is 11.9. The van der Waals surface area contributed by atoms with E-state index < -0.39 is 5.97 Å². The van der Waals surface area contributed by atoms with E-state index in [0.717, 1.165) is 12.8 Å². The van der Waals surface area contributed by atoms with Gasteiger partial charge < -0.3 is 15.8 Å². The molecule has 0 spiro atoms. The minimum absolute atomic E-state index is 0.244. The molecule has 2 aromatic heterocycles. The molecule has 0 saturated heterocycles. The van der Waals surface area contributed by atoms with Crippen molar-refractivity contribution in [3.63, 3.8) is 0 Å². The number of carbonyl (C=O) groups is 1. The van der Waals surface area contributed by atoms with Crippen LogP contribution in [0.3, 0.4) is 0 Å². The normalized spacial score (nSPS) is 14.8. The number of thiazole rings is 1. The Bertz CT molecular complexity index is 618. The number of nitrogens with one attached hydrogen (secondary N) is 1. The Labute approximate surface area is 119 Å². The second-order valence-corrected chi connectivity index (χ2v) is 5.47. The van der Waals surface area contributed by atoms with Crippen molar-refractivity contribution in [1.29, 1.82) is 0 Å². The highest BCUT2D eigenvalue weighted by Crippen LogP contribution is 2.30. The maximum absolute atomic E-state index is 11.9. The van der Waals surface area contributed by atoms with E-state index in [4.69, 9.17) is 10.5 Å². The Morgan fingerprint density at radius 3 is 2.95 bits per heavy atom. The molecule has 0 atom stereocenters. The zero-order valence-corrected chi connectivity index (χ0v) is 11.8. The van der Waals surface area contributed by atoms with E-state index >= 15 is 0 Å². The molecule has 2 heterocycles. The van der Waals surface area contributed by atoms with Crippen molar-refractivity contribution in [2.75, 3.05) is 18.2 Å². The minimum atomic E-state index is -0.493. The molecule has 8 heteroatoms. The van der Waals surface area contributed by atoms with Gasteiger partial charge in [0.05, 0.1) is 7.11 Å². The summed E-state index contributed by atoms with van der Waals surface area (Å²) < 4.78 is 6.26. The Kier molecular flexibility index (Phi) is 3.31. The summed E-state index contributed by atoms with van der Waals surface area (Å²) in [4.78, 5) is 16.1. The molecular weight excluding hydrogens is 278 g/mol. The Hall–Kier alpha value is -2.09. The molecular formula is C12H15N5O2S. The fraction of sp³-hybridized carbons (Fsp3) is 0.417. The van der Waals surface area contributed by atoms with Gasteiger partial charge in [0.1, 0.15) is 11.4 Å². The summed E-state index contributed by atoms with van der Waals surface area (Å²) >= 11 is 1.40. The van der Waals surface area contributed by atoms with Crippen molar-refractivity contribution in [1.82, 2.24) is 14.8 Å². The topological polar surface area (TPSA) is 95.1 Å². The van der Waals surface area contributed by atoms with Gasteiger partial charge in [0.15, 0.2) is 5.82 Å². The monoisotopic (exact) mass is 293 g/mol. The highest BCUT2D eigenvalue weighted by molar-refractivity contribution is 7.12. The van der Waals surface area contributed by atoms with Gasteiger partial charge in [0.2, 0.25) is 5.13 Å². The van der Waals surface area contributed by atoms with Gasteiger partial charge in [-0.25, -0.2) is 9.78 Å². The molecule has 3 N–H and O–H groups in total. The molecule has 0 bridgehead atoms. The molecule has 106 valence electrons. The van der Waals surface area contributed by atoms with E-state index in [9.17, 15) is 4.79 Å². The van der Waals surface area contributed by atoms with Crippen LogP contribution in [-0.2, 0) is 4.74 Å². The number of nitrogens with zero attached hydrogens (tertiary/aromatic N) is 3. The van der Waals surface area contributed by atoms with Gasteiger partial charge in [0.25, 0.3) is 0 Å². The lowest BCUT2D eigenvalue weighted by Crippen LogP contribution is -2.28. The quantitative estimate of drug-likeness (QED) is 0.832. The minimum Gasteiger partial charge on any atom is -0.465 e. The molecule has 7 nitrogen and oxygen atoms in total. The van der Waals surface area contributed by atoms with E-state index in [1.807, 2.05) is 5.38 Å². The highest BCUT2D eigenvalue weighted by Gasteiger charge is 2.27. The molecule has 1 aliphatic rings. The molecule has 2 aromatic rings. The third-order valence-corrected chi connectivity index (χ3v) is 4.10. The standard InChI is InChI=1S/C12H15N5O2S/c1-19-11(18)8-9(13)17(12-14-5-6-20-12)16-10(8)15-7-3-2-4-7/h5-7H,2-4,13H2,1H3,(H,15,16). The predicted molar refractivity (Wildman–Crippen MR) is 76.2 cm³/mol. The number of hydrogen-bond donors (Lipinski definition) is 2. The summed E-state index contributed by atoms with van der Waals surface area (Å²) in [6.07, 6.45) is 5.00. The molecule has 0 amide bonds. The van der Waals surface area contributed by atoms with Gasteiger partial charge in [0, 0.05) is 17.6 Å². The van der Waals surface area contributed by atoms with Crippen LogP contribution in [0.15, 0.2) is 11.6 Å². The third kappa shape index (κ3) is 2.11. The summed E-state index contributed by atoms with van der Waals surface area (Å²) in [5.41, 5.74) is 6.31. The van der Waals surface area contributed by atoms with Gasteiger partial charge >= 0.3 is 5.97 Å². The number of ether oxygens (including phenoxy) is 1. The van der Waals surface area contributed by atoms with E-state index in [1.54, 1.807) is 6.20 Å². The highest BCUT2D eigenvalue weighted by atomic mass is 32.1. The fourth-order valence-corrected chi connectivity index (χ4v) is 2.65. The Balaban J connectivity index is 2.02. The van der Waals surface area contributed by atoms with Crippen LogP contribution in [0.4, 0.5) is 11.6 Å². The summed E-state index contributed by atoms with van der Waals surface area (Å²) in [7, 11) is 1.33. The van der Waals surface area contributed by atoms with Crippen LogP contribution in [0.1, 0.15) is 29.6 Å². The number of rotatable bonds is 4. The number of nitrogen functional groups attached to an aromatic ring is 1. The zero-order chi connectivity index (χ0) is 14.1. The zero-order valence-electron chi connectivity index (χ0n) is 11.0. The van der Waals surface area contributed by atoms with Gasteiger partial charge in [-0.3, -0.25) is 0 Å². The van der Waals surface area contributed by atoms with Crippen LogP contribution in [0, 0.1) is 0 Å². The molecule has 0 aromatic carbocycles. The number of methoxy groups -OCH3 is 1. The number of nitrogens with two attached hydrogens (primary N) is 1. The first-order valence-corrected chi connectivity index (χ1v) is 7.22. The average molecular weight is 293 g/mol. The van der Waals surface area contributed by atoms with Crippen molar-refractivity contribution in [3.05, 3.63) is 17.1 Å². The molecule has 0 radical (unpaired) electrons. The van der Waals surface area contributed by atoms with Gasteiger partial charge in [-0.2, -0.15) is 4.68 Å². The summed E-state index contributed by atoms with van der Waals surface area (Å²) in [6.45, 7) is 0. The van der Waals surface area contributed by atoms with Gasteiger partial charge in [-0.05, 0) is 19.3 Å². The lowest BCUT2D eigenvalue weighted by Gasteiger charge is -2.26. The maximum Gasteiger partial charge on any atom is 0.345 e. The largest absolute Gasteiger partial charge is 0.465 e. The number of anilines is 2. The first kappa shape index (κ1) is 12.9. The van der Waals surface area contributed by atoms with Crippen molar-refractivity contribution < 1.29 is 9.53 Å². The van der Waals surface area contributed by atoms with Crippen molar-refractivity contribution in [2.24, 2.45) is 0 Å². The third-order valence-electron chi connectivity index (χ3n) is 3.36. The van der Waals surface area contributed by atoms with Crippen LogP contribution in [0.2, 0.25) is 0 Å². The van der Waals surface area contributed by atoms with E-state index in [1.165, 1.54) is 29.5 Å². The first-order chi connectivity index (χ1) is 9.70. The first-order valence-electron chi connectivity index (χ1n) is 6.34. The number of carbonyl (C=O) groups excluding carboxylic acids is 1. The molecule has 1 fully saturated rings. The second kappa shape index (κ2) is 5.12. The summed E-state index contributed by atoms with van der Waals surface area (Å²) in [5, 5.41) is 10.1. The number of esters is 1. The smallest absolute Gasteiger partial charge is 0.345 e. The summed E-state index contributed by atoms with van der Waals surface area (Å²) in [5.74, 6) is 0.218. The second-order valence-electron chi connectivity index (χ2n) is 4.60. The van der Waals surface area contributed by atoms with Gasteiger partial charge in [-0.15, -0.1) is 16.4 Å². The van der Waals surface area contributed by atoms with Crippen LogP contribution in [0.5, 0.6) is 0 Å². The molecule has 0 unspecified atom stereocenters. The fourth-order valence-electron chi connectivity index (χ4n) is 2.05. The number of hydrogen-bond acceptors (Lipinski definition) is 7. The lowest BCUT2D eigenvalue weighted by atomic mass is 9.93. The molecule has 20 heavy (non-hydrogen) atoms. The van der Waals surface area contributed by atoms with E-state index in [2.05, 4.69) is 15.4 Å². The van der Waals surface area contributed by atoms with E-state index in [-0.39, 0.29) is 11.4 Å². The van der Waals surface area contributed by atoms with Crippen LogP contribution >= 0.6 is 11.3 Å². The predicted octanol–water partition coefficient (Wildman–Crippen LogP) is 1.66. The molecule has 1 saturated carbocycles. The van der Waals surface area contributed by atoms with Crippen molar-refractivity contribution >= 4 is 28.9 Å². The average Bonchev–Trinajstić information content (AvgIpc) is 3.01. The lowest BCUT2D eigenvalue weighted by molar-refractivity contribution is 0.0603. The molecule has 0 aliphatic heterocycles. The van der Waals surface area contributed by atoms with Crippen molar-refractivity contribution in [2.45, 2.75) is 25.3 Å². The van der Waals surface area contributed by atoms with E-state index in [0.29, 0.717) is 17.0 Å². The summed E-state index contributed by atoms with van der Waals surface area (Å²) in [6, 6.07) is 0.345. The Morgan fingerprint density at radius 2 is 2.40 bits per heavy atom. The Morgan fingerprint density at radius 1 is 1.60 bits per heavy atom. The molecule has 1 aliphatic carbocycles. The van der Waals surface area contributed by atoms with Gasteiger partial charge in [-0.1, -0.05) is 0 Å². The SMILES string of the molecule is COC(=O)c1c(NC2CCC2)nn(-c2nccs2)c1N. The van der Waals surface area contributed by atoms with Crippen LogP contribution < -0.4 is 11.1 Å². The number of aromatic nitrogens is 3. The molecule has 3 rings (SSSR count). The van der Waals surface area contributed by atoms with Crippen LogP contribution in [-0.4, -0.2) is 33.9 Å².